The smallest absolute Gasteiger partial charge is 0.315 e. The molecule has 0 saturated carbocycles. The Morgan fingerprint density at radius 2 is 1.77 bits per heavy atom. The third-order valence-corrected chi connectivity index (χ3v) is 5.50. The summed E-state index contributed by atoms with van der Waals surface area (Å²) in [5.41, 5.74) is 2.83. The van der Waals surface area contributed by atoms with Gasteiger partial charge in [-0.05, 0) is 42.7 Å². The van der Waals surface area contributed by atoms with Gasteiger partial charge in [-0.15, -0.1) is 0 Å². The topological polar surface area (TPSA) is 88.5 Å². The zero-order chi connectivity index (χ0) is 22.1. The highest BCUT2D eigenvalue weighted by atomic mass is 16.2. The maximum Gasteiger partial charge on any atom is 0.315 e. The lowest BCUT2D eigenvalue weighted by atomic mass is 10.0. The Morgan fingerprint density at radius 3 is 2.42 bits per heavy atom. The van der Waals surface area contributed by atoms with Gasteiger partial charge in [0.25, 0.3) is 0 Å². The Bertz CT molecular complexity index is 900. The third-order valence-electron chi connectivity index (χ3n) is 5.50. The highest BCUT2D eigenvalue weighted by molar-refractivity contribution is 5.78. The number of hydrogen-bond donors (Lipinski definition) is 2. The highest BCUT2D eigenvalue weighted by Gasteiger charge is 2.21. The predicted molar refractivity (Wildman–Crippen MR) is 120 cm³/mol. The van der Waals surface area contributed by atoms with Gasteiger partial charge in [0.1, 0.15) is 0 Å². The van der Waals surface area contributed by atoms with Crippen LogP contribution in [0.1, 0.15) is 30.4 Å². The summed E-state index contributed by atoms with van der Waals surface area (Å²) in [4.78, 5) is 28.4. The molecule has 0 spiro atoms. The largest absolute Gasteiger partial charge is 0.371 e. The number of piperidine rings is 1. The third kappa shape index (κ3) is 6.75. The average molecular weight is 420 g/mol. The van der Waals surface area contributed by atoms with E-state index in [1.54, 1.807) is 11.9 Å². The number of hydrogen-bond acceptors (Lipinski definition) is 4. The first-order chi connectivity index (χ1) is 15.0. The van der Waals surface area contributed by atoms with Crippen LogP contribution < -0.4 is 15.5 Å². The number of nitrogens with zero attached hydrogens (tertiary/aromatic N) is 3. The quantitative estimate of drug-likeness (QED) is 0.722. The summed E-state index contributed by atoms with van der Waals surface area (Å²) in [5, 5.41) is 14.7. The van der Waals surface area contributed by atoms with E-state index in [1.807, 2.05) is 54.6 Å². The van der Waals surface area contributed by atoms with Gasteiger partial charge in [-0.25, -0.2) is 4.79 Å². The number of urea groups is 1. The molecular weight excluding hydrogens is 390 g/mol. The molecule has 0 bridgehead atoms. The van der Waals surface area contributed by atoms with Crippen LogP contribution in [-0.4, -0.2) is 49.6 Å². The fourth-order valence-electron chi connectivity index (χ4n) is 3.68. The molecule has 1 heterocycles. The molecule has 2 N–H and O–H groups in total. The molecule has 0 atom stereocenters. The average Bonchev–Trinajstić information content (AvgIpc) is 2.80. The second-order valence-electron chi connectivity index (χ2n) is 7.81. The van der Waals surface area contributed by atoms with Crippen LogP contribution in [0.2, 0.25) is 0 Å². The van der Waals surface area contributed by atoms with Crippen LogP contribution in [0, 0.1) is 11.3 Å². The van der Waals surface area contributed by atoms with Gasteiger partial charge in [-0.1, -0.05) is 30.3 Å². The van der Waals surface area contributed by atoms with Crippen LogP contribution in [0.3, 0.4) is 0 Å². The standard InChI is InChI=1S/C24H29N5O2/c1-28(18-20-5-3-2-4-6-20)23(30)11-14-26-24(31)27-21-12-15-29(16-13-21)22-9-7-19(17-25)8-10-22/h2-10,21H,11-16,18H2,1H3,(H2,26,27,31). The number of anilines is 1. The van der Waals surface area contributed by atoms with Crippen molar-refractivity contribution in [2.45, 2.75) is 31.8 Å². The van der Waals surface area contributed by atoms with Crippen molar-refractivity contribution in [3.63, 3.8) is 0 Å². The Hall–Kier alpha value is -3.53. The van der Waals surface area contributed by atoms with Gasteiger partial charge in [-0.3, -0.25) is 4.79 Å². The van der Waals surface area contributed by atoms with Gasteiger partial charge in [0.15, 0.2) is 0 Å². The summed E-state index contributed by atoms with van der Waals surface area (Å²) in [5.74, 6) is -0.000113. The summed E-state index contributed by atoms with van der Waals surface area (Å²) in [6, 6.07) is 19.4. The zero-order valence-corrected chi connectivity index (χ0v) is 17.9. The van der Waals surface area contributed by atoms with Crippen molar-refractivity contribution in [2.75, 3.05) is 31.6 Å². The van der Waals surface area contributed by atoms with Crippen molar-refractivity contribution in [1.82, 2.24) is 15.5 Å². The normalized spacial score (nSPS) is 13.9. The first kappa shape index (κ1) is 22.2. The Kier molecular flexibility index (Phi) is 7.88. The van der Waals surface area contributed by atoms with Crippen LogP contribution in [0.4, 0.5) is 10.5 Å². The van der Waals surface area contributed by atoms with E-state index in [4.69, 9.17) is 5.26 Å². The van der Waals surface area contributed by atoms with E-state index < -0.39 is 0 Å². The number of amides is 3. The van der Waals surface area contributed by atoms with Crippen LogP contribution in [0.5, 0.6) is 0 Å². The minimum atomic E-state index is -0.227. The van der Waals surface area contributed by atoms with Gasteiger partial charge >= 0.3 is 6.03 Å². The minimum Gasteiger partial charge on any atom is -0.371 e. The molecule has 1 fully saturated rings. The molecule has 0 unspecified atom stereocenters. The molecule has 2 aromatic rings. The molecule has 1 saturated heterocycles. The Balaban J connectivity index is 1.33. The number of benzene rings is 2. The van der Waals surface area contributed by atoms with Gasteiger partial charge in [0.2, 0.25) is 5.91 Å². The van der Waals surface area contributed by atoms with E-state index in [1.165, 1.54) is 0 Å². The summed E-state index contributed by atoms with van der Waals surface area (Å²) in [7, 11) is 1.77. The van der Waals surface area contributed by atoms with Crippen molar-refractivity contribution in [2.24, 2.45) is 0 Å². The summed E-state index contributed by atoms with van der Waals surface area (Å²) in [6.07, 6.45) is 1.98. The molecule has 2 aromatic carbocycles. The molecule has 3 amide bonds. The van der Waals surface area contributed by atoms with E-state index in [-0.39, 0.29) is 24.4 Å². The number of carbonyl (C=O) groups excluding carboxylic acids is 2. The van der Waals surface area contributed by atoms with Crippen molar-refractivity contribution in [3.05, 3.63) is 65.7 Å². The van der Waals surface area contributed by atoms with Crippen LogP contribution in [0.25, 0.3) is 0 Å². The summed E-state index contributed by atoms with van der Waals surface area (Å²) >= 11 is 0. The number of nitrogens with one attached hydrogen (secondary N) is 2. The molecule has 7 nitrogen and oxygen atoms in total. The van der Waals surface area contributed by atoms with Crippen LogP contribution >= 0.6 is 0 Å². The van der Waals surface area contributed by atoms with Gasteiger partial charge in [-0.2, -0.15) is 5.26 Å². The maximum atomic E-state index is 12.3. The monoisotopic (exact) mass is 419 g/mol. The van der Waals surface area contributed by atoms with Crippen LogP contribution in [0.15, 0.2) is 54.6 Å². The van der Waals surface area contributed by atoms with Crippen molar-refractivity contribution >= 4 is 17.6 Å². The lowest BCUT2D eigenvalue weighted by Crippen LogP contribution is -2.48. The minimum absolute atomic E-state index is 0.000113. The predicted octanol–water partition coefficient (Wildman–Crippen LogP) is 2.87. The first-order valence-electron chi connectivity index (χ1n) is 10.6. The first-order valence-corrected chi connectivity index (χ1v) is 10.6. The molecule has 7 heteroatoms. The van der Waals surface area contributed by atoms with Crippen molar-refractivity contribution in [3.8, 4) is 6.07 Å². The molecule has 0 aliphatic carbocycles. The molecule has 31 heavy (non-hydrogen) atoms. The fourth-order valence-corrected chi connectivity index (χ4v) is 3.68. The molecule has 1 aliphatic rings. The Labute approximate surface area is 183 Å². The van der Waals surface area contributed by atoms with E-state index in [9.17, 15) is 9.59 Å². The van der Waals surface area contributed by atoms with E-state index >= 15 is 0 Å². The molecular formula is C24H29N5O2. The second-order valence-corrected chi connectivity index (χ2v) is 7.81. The lowest BCUT2D eigenvalue weighted by Gasteiger charge is -2.34. The van der Waals surface area contributed by atoms with Gasteiger partial charge in [0, 0.05) is 51.4 Å². The maximum absolute atomic E-state index is 12.3. The zero-order valence-electron chi connectivity index (χ0n) is 17.9. The lowest BCUT2D eigenvalue weighted by molar-refractivity contribution is -0.130. The number of nitriles is 1. The van der Waals surface area contributed by atoms with E-state index in [0.717, 1.165) is 37.2 Å². The summed E-state index contributed by atoms with van der Waals surface area (Å²) < 4.78 is 0. The molecule has 3 rings (SSSR count). The van der Waals surface area contributed by atoms with Crippen molar-refractivity contribution in [1.29, 1.82) is 5.26 Å². The molecule has 162 valence electrons. The van der Waals surface area contributed by atoms with Gasteiger partial charge in [0.05, 0.1) is 11.6 Å². The van der Waals surface area contributed by atoms with E-state index in [2.05, 4.69) is 21.6 Å². The SMILES string of the molecule is CN(Cc1ccccc1)C(=O)CCNC(=O)NC1CCN(c2ccc(C#N)cc2)CC1. The van der Waals surface area contributed by atoms with Crippen molar-refractivity contribution < 1.29 is 9.59 Å². The molecule has 0 aromatic heterocycles. The molecule has 0 radical (unpaired) electrons. The van der Waals surface area contributed by atoms with Gasteiger partial charge < -0.3 is 20.4 Å². The van der Waals surface area contributed by atoms with E-state index in [0.29, 0.717) is 18.7 Å². The highest BCUT2D eigenvalue weighted by Crippen LogP contribution is 2.20. The number of carbonyl (C=O) groups is 2. The summed E-state index contributed by atoms with van der Waals surface area (Å²) in [6.45, 7) is 2.57. The Morgan fingerprint density at radius 1 is 1.10 bits per heavy atom. The fraction of sp³-hybridized carbons (Fsp3) is 0.375. The number of rotatable bonds is 7. The second kappa shape index (κ2) is 11.0. The van der Waals surface area contributed by atoms with Crippen LogP contribution in [-0.2, 0) is 11.3 Å². The molecule has 1 aliphatic heterocycles.